The lowest BCUT2D eigenvalue weighted by Crippen LogP contribution is -2.20. The van der Waals surface area contributed by atoms with Crippen molar-refractivity contribution in [3.05, 3.63) is 144 Å². The monoisotopic (exact) mass is 503 g/mol. The third-order valence-corrected chi connectivity index (χ3v) is 9.15. The van der Waals surface area contributed by atoms with Gasteiger partial charge in [0.15, 0.2) is 0 Å². The Kier molecular flexibility index (Phi) is 5.81. The first-order valence-electron chi connectivity index (χ1n) is 14.3. The molecule has 0 aliphatic heterocycles. The molecule has 0 radical (unpaired) electrons. The third kappa shape index (κ3) is 3.96. The Morgan fingerprint density at radius 2 is 1.44 bits per heavy atom. The molecule has 0 fully saturated rings. The first-order valence-corrected chi connectivity index (χ1v) is 14.3. The van der Waals surface area contributed by atoms with Gasteiger partial charge in [-0.25, -0.2) is 4.98 Å². The maximum Gasteiger partial charge on any atom is 0.0715 e. The number of hydrogen-bond acceptors (Lipinski definition) is 1. The molecule has 190 valence electrons. The van der Waals surface area contributed by atoms with Crippen LogP contribution < -0.4 is 0 Å². The minimum Gasteiger partial charge on any atom is -0.248 e. The quantitative estimate of drug-likeness (QED) is 0.232. The van der Waals surface area contributed by atoms with Crippen LogP contribution in [0.25, 0.3) is 38.9 Å². The molecule has 4 aromatic carbocycles. The van der Waals surface area contributed by atoms with Gasteiger partial charge in [0, 0.05) is 16.9 Å². The zero-order valence-electron chi connectivity index (χ0n) is 22.7. The van der Waals surface area contributed by atoms with E-state index in [2.05, 4.69) is 135 Å². The molecule has 1 nitrogen and oxygen atoms in total. The molecule has 39 heavy (non-hydrogen) atoms. The summed E-state index contributed by atoms with van der Waals surface area (Å²) >= 11 is 0. The van der Waals surface area contributed by atoms with Crippen molar-refractivity contribution < 1.29 is 0 Å². The summed E-state index contributed by atoms with van der Waals surface area (Å²) < 4.78 is 0. The lowest BCUT2D eigenvalue weighted by molar-refractivity contribution is 0.342. The van der Waals surface area contributed by atoms with Gasteiger partial charge in [0.1, 0.15) is 0 Å². The highest BCUT2D eigenvalue weighted by molar-refractivity contribution is 5.96. The zero-order chi connectivity index (χ0) is 26.4. The molecule has 1 aromatic heterocycles. The maximum atomic E-state index is 5.08. The van der Waals surface area contributed by atoms with Gasteiger partial charge < -0.3 is 0 Å². The van der Waals surface area contributed by atoms with Gasteiger partial charge >= 0.3 is 0 Å². The van der Waals surface area contributed by atoms with Gasteiger partial charge in [0.25, 0.3) is 0 Å². The average molecular weight is 504 g/mol. The van der Waals surface area contributed by atoms with E-state index in [9.17, 15) is 0 Å². The number of rotatable bonds is 5. The van der Waals surface area contributed by atoms with Crippen LogP contribution in [0.3, 0.4) is 0 Å². The van der Waals surface area contributed by atoms with Gasteiger partial charge in [-0.1, -0.05) is 123 Å². The normalized spacial score (nSPS) is 17.3. The summed E-state index contributed by atoms with van der Waals surface area (Å²) in [7, 11) is 0. The summed E-state index contributed by atoms with van der Waals surface area (Å²) in [6.45, 7) is 4.68. The first-order chi connectivity index (χ1) is 19.2. The maximum absolute atomic E-state index is 5.08. The SMILES string of the molecule is CCC1(CC)C=CC2=C(C1)C(c1ccc(-c3cc(-c4ccccc4)c4ccccc4n3)cc1)c1ccccc12. The minimum absolute atomic E-state index is 0.266. The fraction of sp³-hybridized carbons (Fsp3) is 0.184. The molecule has 1 unspecified atom stereocenters. The van der Waals surface area contributed by atoms with Crippen molar-refractivity contribution in [3.63, 3.8) is 0 Å². The highest BCUT2D eigenvalue weighted by Crippen LogP contribution is 2.54. The number of para-hydroxylation sites is 1. The van der Waals surface area contributed by atoms with Crippen LogP contribution in [0.2, 0.25) is 0 Å². The molecule has 5 aromatic rings. The van der Waals surface area contributed by atoms with E-state index >= 15 is 0 Å². The summed E-state index contributed by atoms with van der Waals surface area (Å²) in [6.07, 6.45) is 8.40. The van der Waals surface area contributed by atoms with Crippen LogP contribution in [0.5, 0.6) is 0 Å². The Balaban J connectivity index is 1.31. The fourth-order valence-electron chi connectivity index (χ4n) is 6.75. The summed E-state index contributed by atoms with van der Waals surface area (Å²) in [5.74, 6) is 0.317. The van der Waals surface area contributed by atoms with E-state index in [0.717, 1.165) is 23.2 Å². The van der Waals surface area contributed by atoms with Crippen molar-refractivity contribution in [1.82, 2.24) is 4.98 Å². The Bertz CT molecular complexity index is 1730. The molecule has 1 heteroatoms. The molecule has 0 spiro atoms. The Morgan fingerprint density at radius 1 is 0.718 bits per heavy atom. The van der Waals surface area contributed by atoms with Gasteiger partial charge in [-0.2, -0.15) is 0 Å². The summed E-state index contributed by atoms with van der Waals surface area (Å²) in [6, 6.07) is 39.6. The smallest absolute Gasteiger partial charge is 0.0715 e. The number of allylic oxidation sites excluding steroid dienone is 4. The second kappa shape index (κ2) is 9.50. The van der Waals surface area contributed by atoms with Gasteiger partial charge in [-0.05, 0) is 75.8 Å². The van der Waals surface area contributed by atoms with E-state index in [4.69, 9.17) is 4.98 Å². The first kappa shape index (κ1) is 23.9. The standard InChI is InChI=1S/C38H33N/c1-3-38(4-2)23-22-30-29-14-8-9-16-32(29)37(34(30)25-38)28-20-18-27(19-21-28)36-24-33(26-12-6-5-7-13-26)31-15-10-11-17-35(31)39-36/h5-24,37H,3-4,25H2,1-2H3. The van der Waals surface area contributed by atoms with Crippen molar-refractivity contribution in [2.75, 3.05) is 0 Å². The lowest BCUT2D eigenvalue weighted by atomic mass is 9.70. The summed E-state index contributed by atoms with van der Waals surface area (Å²) in [5.41, 5.74) is 13.2. The second-order valence-electron chi connectivity index (χ2n) is 11.1. The largest absolute Gasteiger partial charge is 0.248 e. The molecule has 1 heterocycles. The molecule has 7 rings (SSSR count). The van der Waals surface area contributed by atoms with Crippen molar-refractivity contribution in [3.8, 4) is 22.4 Å². The van der Waals surface area contributed by atoms with E-state index < -0.39 is 0 Å². The van der Waals surface area contributed by atoms with Crippen LogP contribution >= 0.6 is 0 Å². The molecule has 0 saturated carbocycles. The van der Waals surface area contributed by atoms with E-state index in [1.807, 2.05) is 0 Å². The van der Waals surface area contributed by atoms with Gasteiger partial charge in [0.05, 0.1) is 11.2 Å². The Hall–Kier alpha value is -4.23. The number of fused-ring (bicyclic) bond motifs is 3. The molecular formula is C38H33N. The van der Waals surface area contributed by atoms with Crippen molar-refractivity contribution in [2.24, 2.45) is 5.41 Å². The Labute approximate surface area is 231 Å². The van der Waals surface area contributed by atoms with E-state index in [0.29, 0.717) is 5.92 Å². The predicted octanol–water partition coefficient (Wildman–Crippen LogP) is 10.2. The van der Waals surface area contributed by atoms with Crippen LogP contribution in [-0.2, 0) is 0 Å². The molecule has 2 aliphatic rings. The lowest BCUT2D eigenvalue weighted by Gasteiger charge is -2.34. The summed E-state index contributed by atoms with van der Waals surface area (Å²) in [4.78, 5) is 5.08. The summed E-state index contributed by atoms with van der Waals surface area (Å²) in [5, 5.41) is 1.19. The van der Waals surface area contributed by atoms with Crippen LogP contribution in [0, 0.1) is 5.41 Å². The molecule has 0 bridgehead atoms. The molecule has 0 amide bonds. The number of hydrogen-bond donors (Lipinski definition) is 0. The van der Waals surface area contributed by atoms with Gasteiger partial charge in [-0.3, -0.25) is 0 Å². The zero-order valence-corrected chi connectivity index (χ0v) is 22.7. The number of nitrogens with zero attached hydrogens (tertiary/aromatic N) is 1. The Morgan fingerprint density at radius 3 is 2.23 bits per heavy atom. The minimum atomic E-state index is 0.266. The van der Waals surface area contributed by atoms with Crippen LogP contribution in [-0.4, -0.2) is 4.98 Å². The number of aromatic nitrogens is 1. The third-order valence-electron chi connectivity index (χ3n) is 9.15. The fourth-order valence-corrected chi connectivity index (χ4v) is 6.75. The van der Waals surface area contributed by atoms with E-state index in [1.54, 1.807) is 5.57 Å². The van der Waals surface area contributed by atoms with Crippen LogP contribution in [0.4, 0.5) is 0 Å². The average Bonchev–Trinajstić information content (AvgIpc) is 3.34. The topological polar surface area (TPSA) is 12.9 Å². The van der Waals surface area contributed by atoms with Crippen molar-refractivity contribution in [2.45, 2.75) is 39.0 Å². The van der Waals surface area contributed by atoms with Crippen LogP contribution in [0.1, 0.15) is 55.7 Å². The second-order valence-corrected chi connectivity index (χ2v) is 11.1. The number of benzene rings is 4. The van der Waals surface area contributed by atoms with Gasteiger partial charge in [0.2, 0.25) is 0 Å². The van der Waals surface area contributed by atoms with Crippen molar-refractivity contribution in [1.29, 1.82) is 0 Å². The predicted molar refractivity (Wildman–Crippen MR) is 165 cm³/mol. The highest BCUT2D eigenvalue weighted by Gasteiger charge is 2.38. The molecular weight excluding hydrogens is 470 g/mol. The molecule has 2 aliphatic carbocycles. The molecule has 0 saturated heterocycles. The van der Waals surface area contributed by atoms with Crippen LogP contribution in [0.15, 0.2) is 127 Å². The van der Waals surface area contributed by atoms with E-state index in [1.165, 1.54) is 51.6 Å². The highest BCUT2D eigenvalue weighted by atomic mass is 14.7. The van der Waals surface area contributed by atoms with Gasteiger partial charge in [-0.15, -0.1) is 0 Å². The van der Waals surface area contributed by atoms with Crippen molar-refractivity contribution >= 4 is 16.5 Å². The number of pyridine rings is 1. The molecule has 1 atom stereocenters. The van der Waals surface area contributed by atoms with E-state index in [-0.39, 0.29) is 5.41 Å². The molecule has 0 N–H and O–H groups in total.